The molecular weight excluding hydrogens is 382 g/mol. The van der Waals surface area contributed by atoms with Crippen LogP contribution in [0.5, 0.6) is 17.4 Å². The maximum absolute atomic E-state index is 12.2. The molecular formula is C23H27N3O4. The van der Waals surface area contributed by atoms with E-state index in [1.807, 2.05) is 37.3 Å². The van der Waals surface area contributed by atoms with E-state index in [1.165, 1.54) is 0 Å². The van der Waals surface area contributed by atoms with Crippen molar-refractivity contribution in [2.24, 2.45) is 16.1 Å². The monoisotopic (exact) mass is 409 g/mol. The number of para-hydroxylation sites is 1. The van der Waals surface area contributed by atoms with Gasteiger partial charge >= 0.3 is 5.91 Å². The number of benzene rings is 2. The Morgan fingerprint density at radius 1 is 1.20 bits per heavy atom. The lowest BCUT2D eigenvalue weighted by atomic mass is 10.1. The highest BCUT2D eigenvalue weighted by atomic mass is 16.5. The molecule has 7 nitrogen and oxygen atoms in total. The topological polar surface area (TPSA) is 85.4 Å². The number of aryl methyl sites for hydroxylation is 2. The summed E-state index contributed by atoms with van der Waals surface area (Å²) < 4.78 is 12.6. The maximum atomic E-state index is 12.2. The summed E-state index contributed by atoms with van der Waals surface area (Å²) in [5, 5.41) is 19.3. The summed E-state index contributed by atoms with van der Waals surface area (Å²) >= 11 is 0. The molecule has 0 fully saturated rings. The second kappa shape index (κ2) is 9.43. The molecule has 3 aromatic rings. The number of hydrogen-bond donors (Lipinski definition) is 1. The minimum absolute atomic E-state index is 0.0183. The highest BCUT2D eigenvalue weighted by Gasteiger charge is 2.18. The Bertz CT molecular complexity index is 1070. The molecule has 0 unspecified atom stereocenters. The van der Waals surface area contributed by atoms with Crippen LogP contribution in [0.3, 0.4) is 0 Å². The van der Waals surface area contributed by atoms with Gasteiger partial charge in [-0.15, -0.1) is 10.2 Å². The summed E-state index contributed by atoms with van der Waals surface area (Å²) in [7, 11) is 1.57. The fraction of sp³-hybridized carbons (Fsp3) is 0.348. The van der Waals surface area contributed by atoms with Gasteiger partial charge < -0.3 is 19.1 Å². The zero-order chi connectivity index (χ0) is 21.7. The lowest BCUT2D eigenvalue weighted by Gasteiger charge is -2.09. The molecule has 1 N–H and O–H groups in total. The molecule has 1 aromatic heterocycles. The second-order valence-corrected chi connectivity index (χ2v) is 7.54. The fourth-order valence-corrected chi connectivity index (χ4v) is 3.13. The molecule has 1 heterocycles. The van der Waals surface area contributed by atoms with E-state index in [1.54, 1.807) is 23.8 Å². The van der Waals surface area contributed by atoms with Crippen LogP contribution in [-0.4, -0.2) is 29.3 Å². The predicted octanol–water partition coefficient (Wildman–Crippen LogP) is 5.40. The molecule has 30 heavy (non-hydrogen) atoms. The molecule has 0 radical (unpaired) electrons. The number of azo groups is 1. The average Bonchev–Trinajstić information content (AvgIpc) is 2.99. The third-order valence-electron chi connectivity index (χ3n) is 4.85. The van der Waals surface area contributed by atoms with Crippen molar-refractivity contribution in [3.8, 4) is 17.4 Å². The first-order chi connectivity index (χ1) is 14.4. The Morgan fingerprint density at radius 2 is 1.97 bits per heavy atom. The summed E-state index contributed by atoms with van der Waals surface area (Å²) in [5.74, 6) is 1.18. The second-order valence-electron chi connectivity index (χ2n) is 7.54. The van der Waals surface area contributed by atoms with Crippen LogP contribution >= 0.6 is 0 Å². The van der Waals surface area contributed by atoms with Crippen molar-refractivity contribution in [1.29, 1.82) is 0 Å². The van der Waals surface area contributed by atoms with Crippen LogP contribution in [0, 0.1) is 12.8 Å². The third kappa shape index (κ3) is 4.79. The Labute approximate surface area is 176 Å². The number of carbonyl (C=O) groups excluding carboxylic acids is 1. The van der Waals surface area contributed by atoms with Crippen molar-refractivity contribution in [3.05, 3.63) is 48.0 Å². The number of methoxy groups -OCH3 is 1. The van der Waals surface area contributed by atoms with Crippen LogP contribution in [0.15, 0.2) is 52.7 Å². The third-order valence-corrected chi connectivity index (χ3v) is 4.85. The van der Waals surface area contributed by atoms with Gasteiger partial charge in [-0.1, -0.05) is 32.0 Å². The number of fused-ring (bicyclic) bond motifs is 1. The summed E-state index contributed by atoms with van der Waals surface area (Å²) in [6.07, 6.45) is 0.892. The van der Waals surface area contributed by atoms with E-state index in [-0.39, 0.29) is 18.2 Å². The van der Waals surface area contributed by atoms with Gasteiger partial charge in [-0.05, 0) is 49.1 Å². The number of nitrogens with zero attached hydrogens (tertiary/aromatic N) is 3. The van der Waals surface area contributed by atoms with Crippen LogP contribution in [0.4, 0.5) is 5.69 Å². The van der Waals surface area contributed by atoms with Gasteiger partial charge in [0, 0.05) is 11.9 Å². The zero-order valence-electron chi connectivity index (χ0n) is 17.8. The van der Waals surface area contributed by atoms with E-state index in [0.29, 0.717) is 29.3 Å². The number of rotatable bonds is 8. The molecule has 0 aliphatic rings. The quantitative estimate of drug-likeness (QED) is 0.505. The first-order valence-corrected chi connectivity index (χ1v) is 9.93. The Balaban J connectivity index is 1.85. The zero-order valence-corrected chi connectivity index (χ0v) is 17.8. The molecule has 0 saturated heterocycles. The molecule has 3 rings (SSSR count). The molecule has 0 spiro atoms. The van der Waals surface area contributed by atoms with Crippen molar-refractivity contribution in [2.45, 2.75) is 33.7 Å². The van der Waals surface area contributed by atoms with E-state index in [9.17, 15) is 9.90 Å². The van der Waals surface area contributed by atoms with Gasteiger partial charge in [0.25, 0.3) is 0 Å². The Morgan fingerprint density at radius 3 is 2.67 bits per heavy atom. The smallest absolute Gasteiger partial charge is 0.302 e. The molecule has 7 heteroatoms. The minimum atomic E-state index is -0.538. The van der Waals surface area contributed by atoms with Gasteiger partial charge in [0.2, 0.25) is 5.88 Å². The van der Waals surface area contributed by atoms with Gasteiger partial charge in [-0.3, -0.25) is 4.79 Å². The van der Waals surface area contributed by atoms with Gasteiger partial charge in [-0.25, -0.2) is 0 Å². The van der Waals surface area contributed by atoms with Crippen LogP contribution < -0.4 is 9.47 Å². The van der Waals surface area contributed by atoms with E-state index in [0.717, 1.165) is 17.5 Å². The standard InChI is InChI=1S/C23H27N3O4/c1-15(2)11-12-26-19-10-9-17(29-4)13-18(19)22(23(26)28)25-24-21(27)14-30-20-8-6-5-7-16(20)3/h5-10,13,15,28H,11-12,14H2,1-4H3. The van der Waals surface area contributed by atoms with Crippen LogP contribution in [0.2, 0.25) is 0 Å². The number of aromatic hydroxyl groups is 1. The summed E-state index contributed by atoms with van der Waals surface area (Å²) in [4.78, 5) is 12.2. The van der Waals surface area contributed by atoms with E-state index >= 15 is 0 Å². The molecule has 0 saturated carbocycles. The molecule has 158 valence electrons. The van der Waals surface area contributed by atoms with Crippen LogP contribution in [-0.2, 0) is 11.3 Å². The maximum Gasteiger partial charge on any atom is 0.302 e. The van der Waals surface area contributed by atoms with Crippen LogP contribution in [0.1, 0.15) is 25.8 Å². The van der Waals surface area contributed by atoms with Gasteiger partial charge in [-0.2, -0.15) is 0 Å². The number of aromatic nitrogens is 1. The van der Waals surface area contributed by atoms with Crippen molar-refractivity contribution >= 4 is 22.5 Å². The molecule has 2 aromatic carbocycles. The van der Waals surface area contributed by atoms with Crippen molar-refractivity contribution < 1.29 is 19.4 Å². The van der Waals surface area contributed by atoms with Crippen molar-refractivity contribution in [2.75, 3.05) is 13.7 Å². The lowest BCUT2D eigenvalue weighted by molar-refractivity contribution is -0.120. The largest absolute Gasteiger partial charge is 0.497 e. The number of hydrogen-bond acceptors (Lipinski definition) is 5. The highest BCUT2D eigenvalue weighted by Crippen LogP contribution is 2.40. The SMILES string of the molecule is COc1ccc2c(c1)c(N=NC(=O)COc1ccccc1C)c(O)n2CCC(C)C. The normalized spacial score (nSPS) is 11.5. The molecule has 0 atom stereocenters. The summed E-state index contributed by atoms with van der Waals surface area (Å²) in [6, 6.07) is 12.9. The van der Waals surface area contributed by atoms with Gasteiger partial charge in [0.15, 0.2) is 12.3 Å². The average molecular weight is 409 g/mol. The molecule has 0 aliphatic heterocycles. The summed E-state index contributed by atoms with van der Waals surface area (Å²) in [6.45, 7) is 6.55. The first kappa shape index (κ1) is 21.4. The number of amides is 1. The first-order valence-electron chi connectivity index (χ1n) is 9.93. The highest BCUT2D eigenvalue weighted by molar-refractivity contribution is 5.96. The van der Waals surface area contributed by atoms with E-state index < -0.39 is 5.91 Å². The van der Waals surface area contributed by atoms with Crippen LogP contribution in [0.25, 0.3) is 10.9 Å². The van der Waals surface area contributed by atoms with Gasteiger partial charge in [0.05, 0.1) is 12.6 Å². The molecule has 0 bridgehead atoms. The lowest BCUT2D eigenvalue weighted by Crippen LogP contribution is -2.08. The molecule has 0 aliphatic carbocycles. The fourth-order valence-electron chi connectivity index (χ4n) is 3.13. The number of carbonyl (C=O) groups is 1. The minimum Gasteiger partial charge on any atom is -0.497 e. The molecule has 1 amide bonds. The predicted molar refractivity (Wildman–Crippen MR) is 116 cm³/mol. The number of ether oxygens (including phenoxy) is 2. The van der Waals surface area contributed by atoms with E-state index in [2.05, 4.69) is 24.1 Å². The van der Waals surface area contributed by atoms with Gasteiger partial charge in [0.1, 0.15) is 11.5 Å². The Hall–Kier alpha value is -3.35. The van der Waals surface area contributed by atoms with Crippen molar-refractivity contribution in [3.63, 3.8) is 0 Å². The Kier molecular flexibility index (Phi) is 6.72. The van der Waals surface area contributed by atoms with Crippen molar-refractivity contribution in [1.82, 2.24) is 4.57 Å². The summed E-state index contributed by atoms with van der Waals surface area (Å²) in [5.41, 5.74) is 1.99. The van der Waals surface area contributed by atoms with E-state index in [4.69, 9.17) is 9.47 Å².